The van der Waals surface area contributed by atoms with Gasteiger partial charge in [0, 0.05) is 5.56 Å². The van der Waals surface area contributed by atoms with Crippen LogP contribution in [0.5, 0.6) is 11.5 Å². The summed E-state index contributed by atoms with van der Waals surface area (Å²) in [5.41, 5.74) is 1.04. The van der Waals surface area contributed by atoms with E-state index in [4.69, 9.17) is 4.42 Å². The Kier molecular flexibility index (Phi) is 2.72. The molecule has 3 aromatic rings. The molecule has 5 heteroatoms. The van der Waals surface area contributed by atoms with Gasteiger partial charge in [-0.3, -0.25) is 10.1 Å². The Hall–Kier alpha value is -3.21. The second-order valence-corrected chi connectivity index (χ2v) is 5.46. The van der Waals surface area contributed by atoms with Gasteiger partial charge in [-0.25, -0.2) is 0 Å². The Morgan fingerprint density at radius 2 is 1.35 bits per heavy atom. The van der Waals surface area contributed by atoms with Crippen LogP contribution >= 0.6 is 0 Å². The van der Waals surface area contributed by atoms with Crippen molar-refractivity contribution in [3.05, 3.63) is 77.6 Å². The van der Waals surface area contributed by atoms with Gasteiger partial charge in [0.15, 0.2) is 0 Å². The number of carbonyl (C=O) groups excluding carboxylic acids is 1. The van der Waals surface area contributed by atoms with E-state index in [9.17, 15) is 15.0 Å². The number of hydrogen-bond acceptors (Lipinski definition) is 4. The fraction of sp³-hybridized carbons (Fsp3) is 0.0556. The van der Waals surface area contributed by atoms with Gasteiger partial charge >= 0.3 is 0 Å². The molecule has 0 saturated heterocycles. The Labute approximate surface area is 131 Å². The molecule has 0 unspecified atom stereocenters. The number of aromatic hydroxyl groups is 2. The van der Waals surface area contributed by atoms with E-state index in [0.717, 1.165) is 0 Å². The molecule has 0 spiro atoms. The van der Waals surface area contributed by atoms with Crippen molar-refractivity contribution in [1.29, 1.82) is 0 Å². The molecule has 23 heavy (non-hydrogen) atoms. The lowest BCUT2D eigenvalue weighted by molar-refractivity contribution is -0.118. The lowest BCUT2D eigenvalue weighted by Gasteiger charge is -2.28. The highest BCUT2D eigenvalue weighted by molar-refractivity contribution is 6.10. The van der Waals surface area contributed by atoms with Crippen LogP contribution in [0.3, 0.4) is 0 Å². The Balaban J connectivity index is 2.04. The Morgan fingerprint density at radius 1 is 0.826 bits per heavy atom. The second kappa shape index (κ2) is 4.64. The smallest absolute Gasteiger partial charge is 0.246 e. The normalized spacial score (nSPS) is 15.2. The second-order valence-electron chi connectivity index (χ2n) is 5.46. The highest BCUT2D eigenvalue weighted by atomic mass is 16.3. The van der Waals surface area contributed by atoms with Crippen LogP contribution in [-0.2, 0) is 10.2 Å². The zero-order valence-electron chi connectivity index (χ0n) is 12.0. The summed E-state index contributed by atoms with van der Waals surface area (Å²) in [5, 5.41) is 21.9. The first-order valence-electron chi connectivity index (χ1n) is 7.11. The van der Waals surface area contributed by atoms with Crippen molar-refractivity contribution in [3.8, 4) is 11.5 Å². The third-order valence-electron chi connectivity index (χ3n) is 4.24. The number of nitrogens with one attached hydrogen (secondary N) is 1. The largest absolute Gasteiger partial charge is 0.508 e. The van der Waals surface area contributed by atoms with Crippen LogP contribution in [0.4, 0.5) is 5.88 Å². The molecule has 2 heterocycles. The highest BCUT2D eigenvalue weighted by Gasteiger charge is 2.51. The van der Waals surface area contributed by atoms with Gasteiger partial charge in [0.05, 0.1) is 6.26 Å². The van der Waals surface area contributed by atoms with Crippen molar-refractivity contribution in [1.82, 2.24) is 0 Å². The van der Waals surface area contributed by atoms with Crippen LogP contribution in [0, 0.1) is 0 Å². The first-order chi connectivity index (χ1) is 11.1. The lowest BCUT2D eigenvalue weighted by Crippen LogP contribution is -2.36. The summed E-state index contributed by atoms with van der Waals surface area (Å²) in [7, 11) is 0. The van der Waals surface area contributed by atoms with Crippen LogP contribution in [0.25, 0.3) is 0 Å². The average molecular weight is 307 g/mol. The van der Waals surface area contributed by atoms with E-state index in [1.54, 1.807) is 54.6 Å². The van der Waals surface area contributed by atoms with E-state index in [0.29, 0.717) is 22.6 Å². The molecule has 1 aliphatic rings. The van der Waals surface area contributed by atoms with E-state index in [1.165, 1.54) is 6.26 Å². The summed E-state index contributed by atoms with van der Waals surface area (Å²) in [6.45, 7) is 0. The summed E-state index contributed by atoms with van der Waals surface area (Å²) >= 11 is 0. The zero-order valence-corrected chi connectivity index (χ0v) is 12.0. The quantitative estimate of drug-likeness (QED) is 0.679. The minimum absolute atomic E-state index is 0.125. The van der Waals surface area contributed by atoms with Gasteiger partial charge in [-0.1, -0.05) is 24.3 Å². The number of phenols is 2. The van der Waals surface area contributed by atoms with Crippen molar-refractivity contribution in [2.75, 3.05) is 5.32 Å². The number of phenolic OH excluding ortho intramolecular Hbond substituents is 2. The van der Waals surface area contributed by atoms with Crippen molar-refractivity contribution >= 4 is 11.8 Å². The maximum absolute atomic E-state index is 12.9. The molecule has 0 aliphatic carbocycles. The molecule has 0 saturated carbocycles. The van der Waals surface area contributed by atoms with Crippen molar-refractivity contribution in [2.24, 2.45) is 0 Å². The third-order valence-corrected chi connectivity index (χ3v) is 4.24. The monoisotopic (exact) mass is 307 g/mol. The number of furan rings is 1. The SMILES string of the molecule is O=C1Nc2occc2C1(c1ccc(O)cc1)c1ccc(O)cc1. The van der Waals surface area contributed by atoms with Gasteiger partial charge in [-0.05, 0) is 41.5 Å². The minimum Gasteiger partial charge on any atom is -0.508 e. The molecule has 1 amide bonds. The molecule has 3 N–H and O–H groups in total. The van der Waals surface area contributed by atoms with Gasteiger partial charge < -0.3 is 14.6 Å². The summed E-state index contributed by atoms with van der Waals surface area (Å²) in [6, 6.07) is 14.8. The van der Waals surface area contributed by atoms with Crippen molar-refractivity contribution in [3.63, 3.8) is 0 Å². The Morgan fingerprint density at radius 3 is 1.87 bits per heavy atom. The number of benzene rings is 2. The van der Waals surface area contributed by atoms with Crippen LogP contribution < -0.4 is 5.32 Å². The van der Waals surface area contributed by atoms with E-state index in [-0.39, 0.29) is 17.4 Å². The van der Waals surface area contributed by atoms with Crippen LogP contribution in [-0.4, -0.2) is 16.1 Å². The molecule has 0 atom stereocenters. The highest BCUT2D eigenvalue weighted by Crippen LogP contribution is 2.48. The first kappa shape index (κ1) is 13.5. The molecule has 4 rings (SSSR count). The predicted molar refractivity (Wildman–Crippen MR) is 83.4 cm³/mol. The molecule has 1 aliphatic heterocycles. The number of carbonyl (C=O) groups is 1. The summed E-state index contributed by atoms with van der Waals surface area (Å²) < 4.78 is 5.36. The summed E-state index contributed by atoms with van der Waals surface area (Å²) in [6.07, 6.45) is 1.53. The van der Waals surface area contributed by atoms with Crippen LogP contribution in [0.2, 0.25) is 0 Å². The summed E-state index contributed by atoms with van der Waals surface area (Å²) in [5.74, 6) is 0.431. The molecule has 5 nitrogen and oxygen atoms in total. The number of hydrogen-bond donors (Lipinski definition) is 3. The number of fused-ring (bicyclic) bond motifs is 1. The minimum atomic E-state index is -1.08. The standard InChI is InChI=1S/C18H13NO4/c20-13-5-1-11(2-6-13)18(12-3-7-14(21)8-4-12)15-9-10-23-16(15)19-17(18)22/h1-10,20-21H,(H,19,22). The fourth-order valence-electron chi connectivity index (χ4n) is 3.18. The van der Waals surface area contributed by atoms with Crippen molar-refractivity contribution < 1.29 is 19.4 Å². The van der Waals surface area contributed by atoms with E-state index < -0.39 is 5.41 Å². The fourth-order valence-corrected chi connectivity index (χ4v) is 3.18. The number of amides is 1. The van der Waals surface area contributed by atoms with Gasteiger partial charge in [-0.2, -0.15) is 0 Å². The predicted octanol–water partition coefficient (Wildman–Crippen LogP) is 2.98. The molecule has 2 aromatic carbocycles. The first-order valence-corrected chi connectivity index (χ1v) is 7.11. The molecule has 114 valence electrons. The van der Waals surface area contributed by atoms with Crippen molar-refractivity contribution in [2.45, 2.75) is 5.41 Å². The Bertz CT molecular complexity index is 833. The molecule has 0 bridgehead atoms. The van der Waals surface area contributed by atoms with E-state index >= 15 is 0 Å². The average Bonchev–Trinajstić information content (AvgIpc) is 3.09. The molecule has 0 fully saturated rings. The molecule has 0 radical (unpaired) electrons. The maximum atomic E-state index is 12.9. The number of rotatable bonds is 2. The zero-order chi connectivity index (χ0) is 16.0. The summed E-state index contributed by atoms with van der Waals surface area (Å²) in [4.78, 5) is 12.9. The van der Waals surface area contributed by atoms with Gasteiger partial charge in [0.25, 0.3) is 0 Å². The number of anilines is 1. The van der Waals surface area contributed by atoms with Gasteiger partial charge in [0.2, 0.25) is 11.8 Å². The molecular weight excluding hydrogens is 294 g/mol. The van der Waals surface area contributed by atoms with Crippen LogP contribution in [0.15, 0.2) is 65.3 Å². The van der Waals surface area contributed by atoms with E-state index in [1.807, 2.05) is 0 Å². The topological polar surface area (TPSA) is 82.7 Å². The molecular formula is C18H13NO4. The van der Waals surface area contributed by atoms with Gasteiger partial charge in [0.1, 0.15) is 16.9 Å². The van der Waals surface area contributed by atoms with Crippen LogP contribution in [0.1, 0.15) is 16.7 Å². The van der Waals surface area contributed by atoms with E-state index in [2.05, 4.69) is 5.32 Å². The maximum Gasteiger partial charge on any atom is 0.246 e. The third kappa shape index (κ3) is 1.76. The van der Waals surface area contributed by atoms with Gasteiger partial charge in [-0.15, -0.1) is 0 Å². The lowest BCUT2D eigenvalue weighted by atomic mass is 9.71. The molecule has 1 aromatic heterocycles.